The molecule has 3 aliphatic rings. The highest BCUT2D eigenvalue weighted by molar-refractivity contribution is 6.76. The normalized spacial score (nSPS) is 33.8. The Labute approximate surface area is 354 Å². The summed E-state index contributed by atoms with van der Waals surface area (Å²) in [6, 6.07) is 0.754. The number of rotatable bonds is 16. The van der Waals surface area contributed by atoms with Gasteiger partial charge in [-0.3, -0.25) is 4.79 Å². The summed E-state index contributed by atoms with van der Waals surface area (Å²) in [4.78, 5) is 26.9. The molecule has 334 valence electrons. The smallest absolute Gasteiger partial charge is 0.336 e. The zero-order chi connectivity index (χ0) is 44.0. The molecule has 3 rings (SSSR count). The van der Waals surface area contributed by atoms with Crippen molar-refractivity contribution in [1.29, 1.82) is 0 Å². The fourth-order valence-electron chi connectivity index (χ4n) is 8.82. The van der Waals surface area contributed by atoms with E-state index in [-0.39, 0.29) is 53.8 Å². The summed E-state index contributed by atoms with van der Waals surface area (Å²) in [6.07, 6.45) is 10.3. The number of aliphatic hydroxyl groups excluding tert-OH is 1. The first-order valence-corrected chi connectivity index (χ1v) is 28.6. The average Bonchev–Trinajstić information content (AvgIpc) is 3.10. The molecule has 1 aliphatic carbocycles. The molecule has 2 N–H and O–H groups in total. The molecule has 11 atom stereocenters. The molecule has 0 aromatic rings. The van der Waals surface area contributed by atoms with Gasteiger partial charge >= 0.3 is 11.9 Å². The largest absolute Gasteiger partial charge is 0.466 e. The molecule has 5 unspecified atom stereocenters. The maximum absolute atomic E-state index is 13.6. The van der Waals surface area contributed by atoms with Crippen LogP contribution in [0, 0.1) is 29.6 Å². The van der Waals surface area contributed by atoms with Crippen LogP contribution in [0.15, 0.2) is 35.5 Å². The van der Waals surface area contributed by atoms with Crippen molar-refractivity contribution < 1.29 is 47.9 Å². The molecular weight excluding hydrogens is 769 g/mol. The van der Waals surface area contributed by atoms with Crippen LogP contribution in [0.2, 0.25) is 43.8 Å². The van der Waals surface area contributed by atoms with Gasteiger partial charge in [-0.1, -0.05) is 98.8 Å². The van der Waals surface area contributed by atoms with Gasteiger partial charge in [0.25, 0.3) is 0 Å². The van der Waals surface area contributed by atoms with Crippen molar-refractivity contribution in [3.63, 3.8) is 0 Å². The maximum atomic E-state index is 13.6. The third-order valence-electron chi connectivity index (χ3n) is 13.3. The van der Waals surface area contributed by atoms with E-state index in [9.17, 15) is 19.8 Å². The van der Waals surface area contributed by atoms with Gasteiger partial charge in [0.05, 0.1) is 49.6 Å². The monoisotopic (exact) mass is 851 g/mol. The van der Waals surface area contributed by atoms with Gasteiger partial charge < -0.3 is 38.3 Å². The summed E-state index contributed by atoms with van der Waals surface area (Å²) in [5.41, 5.74) is -1.30. The lowest BCUT2D eigenvalue weighted by Gasteiger charge is -2.52. The predicted molar refractivity (Wildman–Crippen MR) is 237 cm³/mol. The summed E-state index contributed by atoms with van der Waals surface area (Å²) in [5, 5.41) is 24.0. The average molecular weight is 851 g/mol. The summed E-state index contributed by atoms with van der Waals surface area (Å²) in [6.45, 7) is 31.1. The number of carbonyl (C=O) groups excluding carboxylic acids is 2. The highest BCUT2D eigenvalue weighted by Gasteiger charge is 2.60. The van der Waals surface area contributed by atoms with Crippen molar-refractivity contribution >= 4 is 28.3 Å². The molecule has 0 amide bonds. The molecule has 0 radical (unpaired) electrons. The molecular formula is C46H82O10Si2. The minimum absolute atomic E-state index is 0.0347. The lowest BCUT2D eigenvalue weighted by Crippen LogP contribution is -2.64. The molecule has 58 heavy (non-hydrogen) atoms. The molecule has 0 aromatic heterocycles. The van der Waals surface area contributed by atoms with E-state index in [0.717, 1.165) is 44.6 Å². The third kappa shape index (κ3) is 12.9. The summed E-state index contributed by atoms with van der Waals surface area (Å²) < 4.78 is 37.3. The Kier molecular flexibility index (Phi) is 17.9. The number of hydrogen-bond donors (Lipinski definition) is 2. The summed E-state index contributed by atoms with van der Waals surface area (Å²) in [7, 11) is -0.871. The van der Waals surface area contributed by atoms with Gasteiger partial charge in [0, 0.05) is 28.0 Å². The quantitative estimate of drug-likeness (QED) is 0.0510. The standard InChI is InChI=1S/C46H82O10Si2/c1-30(2)39-33(5)22-23-45(55-39)29-36(56-58(15,16)44(7,8)9)28-35(54-45)21-20-32(4)26-31(3)18-17-19-37(42(48)52-11)46(50)38(27-34(6)40(51-10)41(46)47)43(49)53-24-25-57(12,13)14/h17-20,30-31,33-36,38-41,47,50H,21-29H2,1-16H3/b18-17+,32-20+,37-19+/t31-,33-,34?,35+,36-,38?,39+,40?,41?,45+,46?/m0/s1. The van der Waals surface area contributed by atoms with Crippen LogP contribution in [0.25, 0.3) is 0 Å². The van der Waals surface area contributed by atoms with Crippen LogP contribution in [-0.4, -0.2) is 101 Å². The number of carbonyl (C=O) groups is 2. The Hall–Kier alpha value is -1.65. The highest BCUT2D eigenvalue weighted by Crippen LogP contribution is 2.47. The number of ether oxygens (including phenoxy) is 5. The molecule has 2 saturated heterocycles. The first kappa shape index (κ1) is 50.7. The van der Waals surface area contributed by atoms with E-state index >= 15 is 0 Å². The van der Waals surface area contributed by atoms with Gasteiger partial charge in [-0.25, -0.2) is 4.79 Å². The zero-order valence-electron chi connectivity index (χ0n) is 39.1. The second-order valence-corrected chi connectivity index (χ2v) is 31.4. The van der Waals surface area contributed by atoms with E-state index in [2.05, 4.69) is 94.2 Å². The minimum Gasteiger partial charge on any atom is -0.466 e. The van der Waals surface area contributed by atoms with E-state index in [1.54, 1.807) is 6.08 Å². The van der Waals surface area contributed by atoms with Gasteiger partial charge in [-0.05, 0) is 93.0 Å². The molecule has 1 spiro atoms. The number of methoxy groups -OCH3 is 2. The van der Waals surface area contributed by atoms with E-state index in [1.165, 1.54) is 25.9 Å². The van der Waals surface area contributed by atoms with Crippen LogP contribution in [0.4, 0.5) is 0 Å². The van der Waals surface area contributed by atoms with E-state index < -0.39 is 57.8 Å². The Morgan fingerprint density at radius 1 is 1.00 bits per heavy atom. The van der Waals surface area contributed by atoms with Crippen LogP contribution < -0.4 is 0 Å². The molecule has 12 heteroatoms. The zero-order valence-corrected chi connectivity index (χ0v) is 41.1. The van der Waals surface area contributed by atoms with Gasteiger partial charge in [0.2, 0.25) is 0 Å². The Morgan fingerprint density at radius 3 is 2.22 bits per heavy atom. The number of aliphatic hydroxyl groups is 2. The number of hydrogen-bond acceptors (Lipinski definition) is 10. The topological polar surface area (TPSA) is 130 Å². The maximum Gasteiger partial charge on any atom is 0.336 e. The Bertz CT molecular complexity index is 1460. The second kappa shape index (κ2) is 20.5. The summed E-state index contributed by atoms with van der Waals surface area (Å²) >= 11 is 0. The van der Waals surface area contributed by atoms with E-state index in [4.69, 9.17) is 28.1 Å². The van der Waals surface area contributed by atoms with Crippen molar-refractivity contribution in [2.24, 2.45) is 29.6 Å². The summed E-state index contributed by atoms with van der Waals surface area (Å²) in [5.74, 6) is -2.66. The molecule has 2 aliphatic heterocycles. The van der Waals surface area contributed by atoms with Crippen molar-refractivity contribution in [2.45, 2.75) is 193 Å². The first-order chi connectivity index (χ1) is 26.7. The third-order valence-corrected chi connectivity index (χ3v) is 19.5. The molecule has 0 bridgehead atoms. The Balaban J connectivity index is 1.82. The number of allylic oxidation sites excluding steroid dienone is 4. The molecule has 10 nitrogen and oxygen atoms in total. The second-order valence-electron chi connectivity index (χ2n) is 21.1. The van der Waals surface area contributed by atoms with E-state index in [1.807, 2.05) is 13.0 Å². The molecule has 0 aromatic carbocycles. The van der Waals surface area contributed by atoms with Crippen LogP contribution in [-0.2, 0) is 37.7 Å². The Morgan fingerprint density at radius 2 is 1.66 bits per heavy atom. The number of esters is 2. The van der Waals surface area contributed by atoms with Crippen LogP contribution in [0.5, 0.6) is 0 Å². The van der Waals surface area contributed by atoms with Gasteiger partial charge in [-0.2, -0.15) is 0 Å². The molecule has 3 fully saturated rings. The predicted octanol–water partition coefficient (Wildman–Crippen LogP) is 9.39. The first-order valence-electron chi connectivity index (χ1n) is 22.0. The minimum atomic E-state index is -2.29. The lowest BCUT2D eigenvalue weighted by molar-refractivity contribution is -0.338. The van der Waals surface area contributed by atoms with Crippen molar-refractivity contribution in [2.75, 3.05) is 20.8 Å². The lowest BCUT2D eigenvalue weighted by atomic mass is 9.64. The fourth-order valence-corrected chi connectivity index (χ4v) is 10.9. The highest BCUT2D eigenvalue weighted by atomic mass is 28.4. The van der Waals surface area contributed by atoms with Crippen LogP contribution >= 0.6 is 0 Å². The van der Waals surface area contributed by atoms with Gasteiger partial charge in [0.15, 0.2) is 14.1 Å². The van der Waals surface area contributed by atoms with Crippen LogP contribution in [0.3, 0.4) is 0 Å². The van der Waals surface area contributed by atoms with Crippen molar-refractivity contribution in [1.82, 2.24) is 0 Å². The molecule has 2 heterocycles. The SMILES string of the molecule is COC(=O)/C(=C\C=C\[C@H](C)C/C(C)=C/C[C@@H]1C[C@H](O[Si](C)(C)C(C)(C)C)C[C@]2(CC[C@H](C)[C@@H](C(C)C)O2)O1)C1(O)C(C(=O)OCC[Si](C)(C)C)CC(C)C(OC)C1O. The molecule has 1 saturated carbocycles. The van der Waals surface area contributed by atoms with Gasteiger partial charge in [-0.15, -0.1) is 0 Å². The fraction of sp³-hybridized carbons (Fsp3) is 0.826. The van der Waals surface area contributed by atoms with Gasteiger partial charge in [0.1, 0.15) is 11.7 Å². The van der Waals surface area contributed by atoms with Crippen LogP contribution in [0.1, 0.15) is 107 Å². The van der Waals surface area contributed by atoms with Crippen molar-refractivity contribution in [3.8, 4) is 0 Å². The van der Waals surface area contributed by atoms with E-state index in [0.29, 0.717) is 11.8 Å². The van der Waals surface area contributed by atoms with Crippen molar-refractivity contribution in [3.05, 3.63) is 35.5 Å².